The molecule has 0 aliphatic rings. The lowest BCUT2D eigenvalue weighted by molar-refractivity contribution is 0.0915. The Kier molecular flexibility index (Phi) is 4.96. The number of para-hydroxylation sites is 1. The van der Waals surface area contributed by atoms with E-state index in [-0.39, 0.29) is 6.61 Å². The lowest BCUT2D eigenvalue weighted by Gasteiger charge is -2.15. The molecule has 4 nitrogen and oxygen atoms in total. The second kappa shape index (κ2) is 6.91. The zero-order valence-corrected chi connectivity index (χ0v) is 11.7. The normalized spacial score (nSPS) is 12.1. The molecule has 20 heavy (non-hydrogen) atoms. The van der Waals surface area contributed by atoms with Crippen molar-refractivity contribution in [1.29, 1.82) is 0 Å². The van der Waals surface area contributed by atoms with Crippen LogP contribution in [0.2, 0.25) is 0 Å². The Bertz CT molecular complexity index is 563. The van der Waals surface area contributed by atoms with Gasteiger partial charge in [-0.2, -0.15) is 0 Å². The van der Waals surface area contributed by atoms with Crippen LogP contribution in [0.1, 0.15) is 11.4 Å². The highest BCUT2D eigenvalue weighted by Gasteiger charge is 2.09. The molecule has 1 N–H and O–H groups in total. The summed E-state index contributed by atoms with van der Waals surface area (Å²) in [6.45, 7) is 6.38. The van der Waals surface area contributed by atoms with Crippen LogP contribution >= 0.6 is 0 Å². The summed E-state index contributed by atoms with van der Waals surface area (Å²) in [6.07, 6.45) is 5.60. The van der Waals surface area contributed by atoms with E-state index in [9.17, 15) is 5.11 Å². The van der Waals surface area contributed by atoms with Crippen molar-refractivity contribution < 1.29 is 9.84 Å². The first-order valence-corrected chi connectivity index (χ1v) is 6.68. The largest absolute Gasteiger partial charge is 0.491 e. The number of hydrogen-bond donors (Lipinski definition) is 1. The van der Waals surface area contributed by atoms with Gasteiger partial charge in [0.1, 0.15) is 24.3 Å². The minimum atomic E-state index is -0.570. The quantitative estimate of drug-likeness (QED) is 0.787. The van der Waals surface area contributed by atoms with Crippen molar-refractivity contribution in [3.05, 3.63) is 60.7 Å². The minimum Gasteiger partial charge on any atom is -0.491 e. The molecule has 2 aromatic rings. The first-order chi connectivity index (χ1) is 9.70. The molecule has 4 heteroatoms. The van der Waals surface area contributed by atoms with Crippen LogP contribution < -0.4 is 4.74 Å². The van der Waals surface area contributed by atoms with E-state index in [1.807, 2.05) is 48.0 Å². The number of rotatable bonds is 7. The van der Waals surface area contributed by atoms with Gasteiger partial charge in [0.15, 0.2) is 0 Å². The molecule has 1 aromatic carbocycles. The molecule has 2 rings (SSSR count). The van der Waals surface area contributed by atoms with E-state index in [0.717, 1.165) is 23.6 Å². The van der Waals surface area contributed by atoms with Gasteiger partial charge in [0.05, 0.1) is 6.54 Å². The summed E-state index contributed by atoms with van der Waals surface area (Å²) in [5.41, 5.74) is 1.08. The summed E-state index contributed by atoms with van der Waals surface area (Å²) in [7, 11) is 0. The molecule has 0 bridgehead atoms. The lowest BCUT2D eigenvalue weighted by atomic mass is 10.1. The maximum absolute atomic E-state index is 10.0. The summed E-state index contributed by atoms with van der Waals surface area (Å²) < 4.78 is 7.62. The maximum atomic E-state index is 10.0. The lowest BCUT2D eigenvalue weighted by Crippen LogP contribution is -2.24. The molecular weight excluding hydrogens is 252 g/mol. The summed E-state index contributed by atoms with van der Waals surface area (Å²) in [4.78, 5) is 4.13. The molecule has 1 aromatic heterocycles. The van der Waals surface area contributed by atoms with Crippen molar-refractivity contribution in [3.63, 3.8) is 0 Å². The van der Waals surface area contributed by atoms with Crippen LogP contribution in [0.15, 0.2) is 49.3 Å². The number of aromatic nitrogens is 2. The predicted molar refractivity (Wildman–Crippen MR) is 78.8 cm³/mol. The van der Waals surface area contributed by atoms with Gasteiger partial charge in [0.25, 0.3) is 0 Å². The number of allylic oxidation sites excluding steroid dienone is 1. The second-order valence-electron chi connectivity index (χ2n) is 4.69. The maximum Gasteiger partial charge on any atom is 0.122 e. The van der Waals surface area contributed by atoms with E-state index < -0.39 is 6.10 Å². The van der Waals surface area contributed by atoms with Gasteiger partial charge in [-0.25, -0.2) is 4.98 Å². The van der Waals surface area contributed by atoms with Crippen LogP contribution in [0.3, 0.4) is 0 Å². The minimum absolute atomic E-state index is 0.256. The highest BCUT2D eigenvalue weighted by Crippen LogP contribution is 2.19. The smallest absolute Gasteiger partial charge is 0.122 e. The Morgan fingerprint density at radius 1 is 1.45 bits per heavy atom. The van der Waals surface area contributed by atoms with Crippen LogP contribution in [0, 0.1) is 6.92 Å². The highest BCUT2D eigenvalue weighted by atomic mass is 16.5. The standard InChI is InChI=1S/C16H20N2O2/c1-3-6-14-7-4-5-8-16(14)20-12-15(19)11-18-10-9-17-13(18)2/h3-5,7-10,15,19H,1,6,11-12H2,2H3/t15-/m1/s1. The molecule has 1 heterocycles. The van der Waals surface area contributed by atoms with Crippen LogP contribution in [-0.2, 0) is 13.0 Å². The monoisotopic (exact) mass is 272 g/mol. The molecule has 0 amide bonds. The van der Waals surface area contributed by atoms with Crippen molar-refractivity contribution in [1.82, 2.24) is 9.55 Å². The molecule has 0 radical (unpaired) electrons. The number of aliphatic hydroxyl groups excluding tert-OH is 1. The van der Waals surface area contributed by atoms with Crippen LogP contribution in [0.25, 0.3) is 0 Å². The van der Waals surface area contributed by atoms with E-state index in [2.05, 4.69) is 11.6 Å². The fourth-order valence-corrected chi connectivity index (χ4v) is 2.03. The number of nitrogens with zero attached hydrogens (tertiary/aromatic N) is 2. The molecule has 1 atom stereocenters. The third-order valence-electron chi connectivity index (χ3n) is 3.10. The summed E-state index contributed by atoms with van der Waals surface area (Å²) in [5, 5.41) is 10.0. The molecule has 106 valence electrons. The number of aliphatic hydroxyl groups is 1. The topological polar surface area (TPSA) is 47.3 Å². The fraction of sp³-hybridized carbons (Fsp3) is 0.312. The molecule has 0 spiro atoms. The van der Waals surface area contributed by atoms with E-state index in [4.69, 9.17) is 4.74 Å². The van der Waals surface area contributed by atoms with Crippen LogP contribution in [0.5, 0.6) is 5.75 Å². The van der Waals surface area contributed by atoms with Gasteiger partial charge in [0, 0.05) is 12.4 Å². The molecule has 0 saturated heterocycles. The fourth-order valence-electron chi connectivity index (χ4n) is 2.03. The van der Waals surface area contributed by atoms with Gasteiger partial charge in [0.2, 0.25) is 0 Å². The Morgan fingerprint density at radius 3 is 2.95 bits per heavy atom. The van der Waals surface area contributed by atoms with Gasteiger partial charge in [-0.15, -0.1) is 6.58 Å². The third-order valence-corrected chi connectivity index (χ3v) is 3.10. The third kappa shape index (κ3) is 3.71. The van der Waals surface area contributed by atoms with Gasteiger partial charge < -0.3 is 14.4 Å². The number of ether oxygens (including phenoxy) is 1. The Hall–Kier alpha value is -2.07. The van der Waals surface area contributed by atoms with Crippen molar-refractivity contribution in [2.24, 2.45) is 0 Å². The summed E-state index contributed by atoms with van der Waals surface area (Å²) in [5.74, 6) is 1.69. The summed E-state index contributed by atoms with van der Waals surface area (Å²) in [6, 6.07) is 7.81. The second-order valence-corrected chi connectivity index (χ2v) is 4.69. The predicted octanol–water partition coefficient (Wildman–Crippen LogP) is 2.36. The van der Waals surface area contributed by atoms with Gasteiger partial charge in [-0.3, -0.25) is 0 Å². The van der Waals surface area contributed by atoms with E-state index in [0.29, 0.717) is 6.54 Å². The number of benzene rings is 1. The van der Waals surface area contributed by atoms with Crippen molar-refractivity contribution >= 4 is 0 Å². The van der Waals surface area contributed by atoms with Crippen molar-refractivity contribution in [3.8, 4) is 5.75 Å². The van der Waals surface area contributed by atoms with Gasteiger partial charge >= 0.3 is 0 Å². The van der Waals surface area contributed by atoms with Gasteiger partial charge in [-0.1, -0.05) is 24.3 Å². The average molecular weight is 272 g/mol. The Balaban J connectivity index is 1.91. The van der Waals surface area contributed by atoms with Gasteiger partial charge in [-0.05, 0) is 25.0 Å². The SMILES string of the molecule is C=CCc1ccccc1OC[C@H](O)Cn1ccnc1C. The molecule has 0 saturated carbocycles. The zero-order chi connectivity index (χ0) is 14.4. The highest BCUT2D eigenvalue weighted by molar-refractivity contribution is 5.34. The molecule has 0 fully saturated rings. The van der Waals surface area contributed by atoms with Crippen LogP contribution in [-0.4, -0.2) is 27.4 Å². The van der Waals surface area contributed by atoms with E-state index in [1.165, 1.54) is 0 Å². The molecule has 0 unspecified atom stereocenters. The molecule has 0 aliphatic carbocycles. The Labute approximate surface area is 119 Å². The number of hydrogen-bond acceptors (Lipinski definition) is 3. The average Bonchev–Trinajstić information content (AvgIpc) is 2.84. The first-order valence-electron chi connectivity index (χ1n) is 6.68. The van der Waals surface area contributed by atoms with E-state index >= 15 is 0 Å². The summed E-state index contributed by atoms with van der Waals surface area (Å²) >= 11 is 0. The first kappa shape index (κ1) is 14.3. The molecule has 0 aliphatic heterocycles. The zero-order valence-electron chi connectivity index (χ0n) is 11.7. The number of aryl methyl sites for hydroxylation is 1. The molecular formula is C16H20N2O2. The van der Waals surface area contributed by atoms with Crippen molar-refractivity contribution in [2.45, 2.75) is 26.0 Å². The number of imidazole rings is 1. The van der Waals surface area contributed by atoms with Crippen molar-refractivity contribution in [2.75, 3.05) is 6.61 Å². The van der Waals surface area contributed by atoms with E-state index in [1.54, 1.807) is 6.20 Å². The Morgan fingerprint density at radius 2 is 2.25 bits per heavy atom. The van der Waals surface area contributed by atoms with Crippen LogP contribution in [0.4, 0.5) is 0 Å².